The summed E-state index contributed by atoms with van der Waals surface area (Å²) < 4.78 is 2.43. The van der Waals surface area contributed by atoms with E-state index in [1.807, 2.05) is 0 Å². The van der Waals surface area contributed by atoms with Crippen LogP contribution >= 0.6 is 11.6 Å². The van der Waals surface area contributed by atoms with Gasteiger partial charge in [0.15, 0.2) is 5.15 Å². The lowest BCUT2D eigenvalue weighted by Gasteiger charge is -2.32. The summed E-state index contributed by atoms with van der Waals surface area (Å²) in [6, 6.07) is 7.10. The van der Waals surface area contributed by atoms with Gasteiger partial charge in [-0.15, -0.1) is 0 Å². The van der Waals surface area contributed by atoms with Crippen molar-refractivity contribution in [1.29, 1.82) is 0 Å². The summed E-state index contributed by atoms with van der Waals surface area (Å²) in [5, 5.41) is 0.681. The first-order chi connectivity index (χ1) is 15.3. The highest BCUT2D eigenvalue weighted by atomic mass is 35.5. The van der Waals surface area contributed by atoms with Gasteiger partial charge < -0.3 is 4.57 Å². The van der Waals surface area contributed by atoms with E-state index in [-0.39, 0.29) is 0 Å². The first-order valence-corrected chi connectivity index (χ1v) is 13.3. The topological polar surface area (TPSA) is 21.1 Å². The molecule has 0 aliphatic heterocycles. The molecule has 0 radical (unpaired) electrons. The molecule has 1 aromatic carbocycles. The van der Waals surface area contributed by atoms with Crippen molar-refractivity contribution in [3.05, 3.63) is 40.2 Å². The second-order valence-electron chi connectivity index (χ2n) is 9.83. The van der Waals surface area contributed by atoms with E-state index in [4.69, 9.17) is 16.6 Å². The predicted octanol–water partition coefficient (Wildman–Crippen LogP) is 8.44. The molecule has 2 rings (SSSR count). The Balaban J connectivity index is 2.51. The van der Waals surface area contributed by atoms with Crippen molar-refractivity contribution in [1.82, 2.24) is 14.5 Å². The zero-order valence-corrected chi connectivity index (χ0v) is 22.4. The van der Waals surface area contributed by atoms with Crippen LogP contribution in [0.25, 0.3) is 11.4 Å². The third kappa shape index (κ3) is 7.09. The fourth-order valence-electron chi connectivity index (χ4n) is 4.71. The molecule has 1 aromatic heterocycles. The predicted molar refractivity (Wildman–Crippen MR) is 141 cm³/mol. The second kappa shape index (κ2) is 13.4. The van der Waals surface area contributed by atoms with Crippen molar-refractivity contribution in [2.24, 2.45) is 5.92 Å². The molecule has 0 aliphatic rings. The first-order valence-electron chi connectivity index (χ1n) is 12.9. The van der Waals surface area contributed by atoms with Crippen LogP contribution in [0.1, 0.15) is 96.4 Å². The Bertz CT molecular complexity index is 798. The summed E-state index contributed by atoms with van der Waals surface area (Å²) in [4.78, 5) is 7.66. The van der Waals surface area contributed by atoms with Crippen LogP contribution in [0.15, 0.2) is 18.2 Å². The molecule has 2 aromatic rings. The van der Waals surface area contributed by atoms with Gasteiger partial charge >= 0.3 is 0 Å². The Hall–Kier alpha value is -1.32. The number of unbranched alkanes of at least 4 members (excludes halogenated alkanes) is 1. The van der Waals surface area contributed by atoms with E-state index in [0.717, 1.165) is 38.3 Å². The molecule has 0 saturated carbocycles. The Morgan fingerprint density at radius 2 is 1.59 bits per heavy atom. The van der Waals surface area contributed by atoms with Gasteiger partial charge in [0.1, 0.15) is 5.82 Å². The van der Waals surface area contributed by atoms with Crippen LogP contribution in [0, 0.1) is 19.8 Å². The van der Waals surface area contributed by atoms with Crippen LogP contribution in [0.4, 0.5) is 0 Å². The maximum Gasteiger partial charge on any atom is 0.152 e. The van der Waals surface area contributed by atoms with Gasteiger partial charge in [0.2, 0.25) is 0 Å². The number of imidazole rings is 1. The molecule has 0 aliphatic carbocycles. The molecule has 3 nitrogen and oxygen atoms in total. The maximum atomic E-state index is 6.89. The van der Waals surface area contributed by atoms with Crippen molar-refractivity contribution in [3.63, 3.8) is 0 Å². The fourth-order valence-corrected chi connectivity index (χ4v) is 4.95. The average Bonchev–Trinajstić information content (AvgIpc) is 3.03. The first kappa shape index (κ1) is 26.9. The molecule has 0 amide bonds. The van der Waals surface area contributed by atoms with Gasteiger partial charge in [0, 0.05) is 24.7 Å². The third-order valence-corrected chi connectivity index (χ3v) is 6.87. The van der Waals surface area contributed by atoms with Crippen LogP contribution in [0.2, 0.25) is 5.15 Å². The van der Waals surface area contributed by atoms with Crippen molar-refractivity contribution in [2.45, 2.75) is 113 Å². The summed E-state index contributed by atoms with van der Waals surface area (Å²) in [5.74, 6) is 1.74. The molecule has 0 unspecified atom stereocenters. The van der Waals surface area contributed by atoms with E-state index < -0.39 is 0 Å². The largest absolute Gasteiger partial charge is 0.325 e. The number of benzene rings is 1. The van der Waals surface area contributed by atoms with E-state index in [2.05, 4.69) is 76.1 Å². The van der Waals surface area contributed by atoms with Crippen LogP contribution < -0.4 is 0 Å². The molecule has 180 valence electrons. The van der Waals surface area contributed by atoms with E-state index >= 15 is 0 Å². The molecule has 0 bridgehead atoms. The molecule has 0 fully saturated rings. The normalized spacial score (nSPS) is 12.0. The summed E-state index contributed by atoms with van der Waals surface area (Å²) in [6.45, 7) is 18.9. The summed E-state index contributed by atoms with van der Waals surface area (Å²) in [6.07, 6.45) is 8.45. The van der Waals surface area contributed by atoms with E-state index in [1.165, 1.54) is 54.5 Å². The highest BCUT2D eigenvalue weighted by Gasteiger charge is 2.24. The standard InChI is InChI=1S/C28H46ClN3/c1-8-11-18-32-25(20-31(19-17-21(4)5)24(13-9-2)14-10-3)27(29)30-28(32)26-22(6)15-12-16-23(26)7/h12,15-16,21,24H,8-11,13-14,17-20H2,1-7H3. The van der Waals surface area contributed by atoms with Crippen molar-refractivity contribution < 1.29 is 0 Å². The molecule has 4 heteroatoms. The smallest absolute Gasteiger partial charge is 0.152 e. The molecular formula is C28H46ClN3. The Kier molecular flexibility index (Phi) is 11.3. The highest BCUT2D eigenvalue weighted by Crippen LogP contribution is 2.32. The number of aryl methyl sites for hydroxylation is 2. The SMILES string of the molecule is CCCCn1c(-c2c(C)cccc2C)nc(Cl)c1CN(CCC(C)C)C(CCC)CCC. The lowest BCUT2D eigenvalue weighted by atomic mass is 10.0. The van der Waals surface area contributed by atoms with Crippen LogP contribution in [-0.2, 0) is 13.1 Å². The lowest BCUT2D eigenvalue weighted by molar-refractivity contribution is 0.154. The Labute approximate surface area is 202 Å². The molecule has 0 N–H and O–H groups in total. The number of rotatable bonds is 14. The molecule has 0 saturated heterocycles. The van der Waals surface area contributed by atoms with Crippen LogP contribution in [-0.4, -0.2) is 27.0 Å². The average molecular weight is 460 g/mol. The lowest BCUT2D eigenvalue weighted by Crippen LogP contribution is -2.37. The highest BCUT2D eigenvalue weighted by molar-refractivity contribution is 6.30. The third-order valence-electron chi connectivity index (χ3n) is 6.57. The Morgan fingerprint density at radius 3 is 2.12 bits per heavy atom. The molecule has 32 heavy (non-hydrogen) atoms. The number of hydrogen-bond acceptors (Lipinski definition) is 2. The summed E-state index contributed by atoms with van der Waals surface area (Å²) in [5.41, 5.74) is 4.97. The number of hydrogen-bond donors (Lipinski definition) is 0. The minimum absolute atomic E-state index is 0.609. The van der Waals surface area contributed by atoms with Gasteiger partial charge in [-0.1, -0.05) is 83.7 Å². The fraction of sp³-hybridized carbons (Fsp3) is 0.679. The van der Waals surface area contributed by atoms with Crippen molar-refractivity contribution in [2.75, 3.05) is 6.54 Å². The van der Waals surface area contributed by atoms with Gasteiger partial charge in [-0.2, -0.15) is 0 Å². The van der Waals surface area contributed by atoms with Gasteiger partial charge in [-0.05, 0) is 63.1 Å². The Morgan fingerprint density at radius 1 is 0.969 bits per heavy atom. The number of nitrogens with zero attached hydrogens (tertiary/aromatic N) is 3. The summed E-state index contributed by atoms with van der Waals surface area (Å²) in [7, 11) is 0. The van der Waals surface area contributed by atoms with Crippen LogP contribution in [0.5, 0.6) is 0 Å². The van der Waals surface area contributed by atoms with Gasteiger partial charge in [-0.25, -0.2) is 4.98 Å². The van der Waals surface area contributed by atoms with Crippen molar-refractivity contribution in [3.8, 4) is 11.4 Å². The molecular weight excluding hydrogens is 414 g/mol. The van der Waals surface area contributed by atoms with E-state index in [0.29, 0.717) is 17.1 Å². The quantitative estimate of drug-likeness (QED) is 0.282. The monoisotopic (exact) mass is 459 g/mol. The van der Waals surface area contributed by atoms with Gasteiger partial charge in [-0.3, -0.25) is 4.90 Å². The van der Waals surface area contributed by atoms with E-state index in [1.54, 1.807) is 0 Å². The summed E-state index contributed by atoms with van der Waals surface area (Å²) >= 11 is 6.89. The minimum atomic E-state index is 0.609. The van der Waals surface area contributed by atoms with Gasteiger partial charge in [0.05, 0.1) is 5.69 Å². The van der Waals surface area contributed by atoms with E-state index in [9.17, 15) is 0 Å². The number of halogens is 1. The van der Waals surface area contributed by atoms with Crippen molar-refractivity contribution >= 4 is 11.6 Å². The maximum absolute atomic E-state index is 6.89. The molecule has 0 spiro atoms. The zero-order valence-electron chi connectivity index (χ0n) is 21.7. The number of aromatic nitrogens is 2. The minimum Gasteiger partial charge on any atom is -0.325 e. The zero-order chi connectivity index (χ0) is 23.7. The van der Waals surface area contributed by atoms with Gasteiger partial charge in [0.25, 0.3) is 0 Å². The molecule has 1 heterocycles. The van der Waals surface area contributed by atoms with Crippen LogP contribution in [0.3, 0.4) is 0 Å². The molecule has 0 atom stereocenters. The second-order valence-corrected chi connectivity index (χ2v) is 10.2.